The molecule has 1 aromatic rings. The lowest BCUT2D eigenvalue weighted by Gasteiger charge is -2.31. The minimum atomic E-state index is 0.707. The van der Waals surface area contributed by atoms with Gasteiger partial charge in [0.25, 0.3) is 0 Å². The maximum atomic E-state index is 5.05. The van der Waals surface area contributed by atoms with Gasteiger partial charge in [-0.25, -0.2) is 9.97 Å². The molecule has 0 aliphatic carbocycles. The van der Waals surface area contributed by atoms with E-state index in [4.69, 9.17) is 4.74 Å². The van der Waals surface area contributed by atoms with Crippen molar-refractivity contribution in [3.63, 3.8) is 0 Å². The topological polar surface area (TPSA) is 50.3 Å². The number of hydrogen-bond acceptors (Lipinski definition) is 5. The van der Waals surface area contributed by atoms with Crippen LogP contribution in [-0.4, -0.2) is 43.8 Å². The summed E-state index contributed by atoms with van der Waals surface area (Å²) < 4.78 is 5.05. The highest BCUT2D eigenvalue weighted by molar-refractivity contribution is 5.31. The predicted molar refractivity (Wildman–Crippen MR) is 67.4 cm³/mol. The van der Waals surface area contributed by atoms with E-state index in [2.05, 4.69) is 20.2 Å². The van der Waals surface area contributed by atoms with Crippen LogP contribution in [-0.2, 0) is 0 Å². The smallest absolute Gasteiger partial charge is 0.225 e. The molecule has 0 radical (unpaired) electrons. The van der Waals surface area contributed by atoms with Crippen LogP contribution in [0.5, 0.6) is 5.75 Å². The van der Waals surface area contributed by atoms with Crippen molar-refractivity contribution in [2.45, 2.75) is 12.8 Å². The lowest BCUT2D eigenvalue weighted by atomic mass is 9.97. The van der Waals surface area contributed by atoms with Crippen molar-refractivity contribution in [1.29, 1.82) is 0 Å². The third kappa shape index (κ3) is 3.06. The van der Waals surface area contributed by atoms with Crippen molar-refractivity contribution < 1.29 is 4.74 Å². The Hall–Kier alpha value is -1.36. The molecule has 0 aromatic carbocycles. The average Bonchev–Trinajstić information content (AvgIpc) is 2.40. The lowest BCUT2D eigenvalue weighted by molar-refractivity contribution is 0.389. The molecule has 0 spiro atoms. The van der Waals surface area contributed by atoms with Gasteiger partial charge < -0.3 is 15.0 Å². The summed E-state index contributed by atoms with van der Waals surface area (Å²) in [5.74, 6) is 2.31. The van der Waals surface area contributed by atoms with Gasteiger partial charge in [-0.05, 0) is 32.4 Å². The summed E-state index contributed by atoms with van der Waals surface area (Å²) in [4.78, 5) is 10.9. The Kier molecular flexibility index (Phi) is 4.14. The molecule has 1 aliphatic rings. The van der Waals surface area contributed by atoms with Crippen LogP contribution in [0.3, 0.4) is 0 Å². The van der Waals surface area contributed by atoms with Crippen LogP contribution in [0, 0.1) is 5.92 Å². The van der Waals surface area contributed by atoms with Crippen LogP contribution in [0.4, 0.5) is 5.95 Å². The third-order valence-electron chi connectivity index (χ3n) is 3.24. The van der Waals surface area contributed by atoms with E-state index < -0.39 is 0 Å². The second-order valence-corrected chi connectivity index (χ2v) is 4.41. The van der Waals surface area contributed by atoms with Crippen LogP contribution in [0.1, 0.15) is 12.8 Å². The minimum Gasteiger partial charge on any atom is -0.494 e. The summed E-state index contributed by atoms with van der Waals surface area (Å²) in [6.07, 6.45) is 5.86. The van der Waals surface area contributed by atoms with Gasteiger partial charge >= 0.3 is 0 Å². The molecule has 0 amide bonds. The van der Waals surface area contributed by atoms with Crippen molar-refractivity contribution >= 4 is 5.95 Å². The summed E-state index contributed by atoms with van der Waals surface area (Å²) in [5.41, 5.74) is 0. The standard InChI is InChI=1S/C12H20N4O/c1-13-7-10-3-5-16(6-4-10)12-14-8-11(17-2)9-15-12/h8-10,13H,3-7H2,1-2H3. The molecule has 1 fully saturated rings. The molecule has 1 aromatic heterocycles. The highest BCUT2D eigenvalue weighted by atomic mass is 16.5. The Balaban J connectivity index is 1.91. The van der Waals surface area contributed by atoms with Crippen LogP contribution in [0.25, 0.3) is 0 Å². The summed E-state index contributed by atoms with van der Waals surface area (Å²) in [6.45, 7) is 3.19. The Morgan fingerprint density at radius 2 is 2.00 bits per heavy atom. The summed E-state index contributed by atoms with van der Waals surface area (Å²) in [6, 6.07) is 0. The van der Waals surface area contributed by atoms with E-state index in [0.29, 0.717) is 5.75 Å². The molecule has 0 bridgehead atoms. The Labute approximate surface area is 102 Å². The molecule has 17 heavy (non-hydrogen) atoms. The average molecular weight is 236 g/mol. The summed E-state index contributed by atoms with van der Waals surface area (Å²) >= 11 is 0. The molecule has 0 saturated carbocycles. The number of anilines is 1. The molecule has 0 atom stereocenters. The van der Waals surface area contributed by atoms with Gasteiger partial charge in [0, 0.05) is 13.1 Å². The van der Waals surface area contributed by atoms with Crippen molar-refractivity contribution in [2.24, 2.45) is 5.92 Å². The number of hydrogen-bond donors (Lipinski definition) is 1. The SMILES string of the molecule is CNCC1CCN(c2ncc(OC)cn2)CC1. The summed E-state index contributed by atoms with van der Waals surface area (Å²) in [7, 11) is 3.64. The number of ether oxygens (including phenoxy) is 1. The molecule has 1 saturated heterocycles. The quantitative estimate of drug-likeness (QED) is 0.842. The second-order valence-electron chi connectivity index (χ2n) is 4.41. The van der Waals surface area contributed by atoms with E-state index in [9.17, 15) is 0 Å². The van der Waals surface area contributed by atoms with Gasteiger partial charge in [-0.2, -0.15) is 0 Å². The molecule has 2 rings (SSSR count). The number of piperidine rings is 1. The van der Waals surface area contributed by atoms with Crippen molar-refractivity contribution in [2.75, 3.05) is 38.7 Å². The number of aromatic nitrogens is 2. The van der Waals surface area contributed by atoms with E-state index in [1.165, 1.54) is 12.8 Å². The van der Waals surface area contributed by atoms with E-state index in [0.717, 1.165) is 31.5 Å². The van der Waals surface area contributed by atoms with Crippen molar-refractivity contribution in [3.05, 3.63) is 12.4 Å². The molecule has 2 heterocycles. The second kappa shape index (κ2) is 5.82. The number of methoxy groups -OCH3 is 1. The first-order valence-electron chi connectivity index (χ1n) is 6.09. The fourth-order valence-electron chi connectivity index (χ4n) is 2.20. The van der Waals surface area contributed by atoms with Crippen molar-refractivity contribution in [1.82, 2.24) is 15.3 Å². The molecule has 1 N–H and O–H groups in total. The minimum absolute atomic E-state index is 0.707. The van der Waals surface area contributed by atoms with Crippen LogP contribution in [0.15, 0.2) is 12.4 Å². The first kappa shape index (κ1) is 12.1. The number of nitrogens with one attached hydrogen (secondary N) is 1. The lowest BCUT2D eigenvalue weighted by Crippen LogP contribution is -2.37. The zero-order chi connectivity index (χ0) is 12.1. The Morgan fingerprint density at radius 1 is 1.35 bits per heavy atom. The first-order chi connectivity index (χ1) is 8.33. The van der Waals surface area contributed by atoms with Crippen LogP contribution >= 0.6 is 0 Å². The zero-order valence-corrected chi connectivity index (χ0v) is 10.5. The number of nitrogens with zero attached hydrogens (tertiary/aromatic N) is 3. The van der Waals surface area contributed by atoms with Gasteiger partial charge in [0.15, 0.2) is 5.75 Å². The van der Waals surface area contributed by atoms with E-state index in [1.807, 2.05) is 7.05 Å². The van der Waals surface area contributed by atoms with E-state index in [-0.39, 0.29) is 0 Å². The molecular formula is C12H20N4O. The van der Waals surface area contributed by atoms with Gasteiger partial charge in [0.05, 0.1) is 19.5 Å². The molecular weight excluding hydrogens is 216 g/mol. The zero-order valence-electron chi connectivity index (χ0n) is 10.5. The Morgan fingerprint density at radius 3 is 2.53 bits per heavy atom. The van der Waals surface area contributed by atoms with Gasteiger partial charge in [0.2, 0.25) is 5.95 Å². The fraction of sp³-hybridized carbons (Fsp3) is 0.667. The maximum Gasteiger partial charge on any atom is 0.225 e. The third-order valence-corrected chi connectivity index (χ3v) is 3.24. The number of rotatable bonds is 4. The molecule has 5 nitrogen and oxygen atoms in total. The van der Waals surface area contributed by atoms with Crippen molar-refractivity contribution in [3.8, 4) is 5.75 Å². The highest BCUT2D eigenvalue weighted by Crippen LogP contribution is 2.20. The summed E-state index contributed by atoms with van der Waals surface area (Å²) in [5, 5.41) is 3.24. The van der Waals surface area contributed by atoms with Gasteiger partial charge in [-0.1, -0.05) is 0 Å². The Bertz CT molecular complexity index is 333. The molecule has 5 heteroatoms. The normalized spacial score (nSPS) is 17.2. The first-order valence-corrected chi connectivity index (χ1v) is 6.09. The molecule has 0 unspecified atom stereocenters. The maximum absolute atomic E-state index is 5.05. The monoisotopic (exact) mass is 236 g/mol. The highest BCUT2D eigenvalue weighted by Gasteiger charge is 2.20. The fourth-order valence-corrected chi connectivity index (χ4v) is 2.20. The molecule has 94 valence electrons. The molecule has 1 aliphatic heterocycles. The van der Waals surface area contributed by atoms with Gasteiger partial charge in [0.1, 0.15) is 0 Å². The van der Waals surface area contributed by atoms with Gasteiger partial charge in [-0.3, -0.25) is 0 Å². The van der Waals surface area contributed by atoms with Crippen LogP contribution in [0.2, 0.25) is 0 Å². The van der Waals surface area contributed by atoms with E-state index >= 15 is 0 Å². The van der Waals surface area contributed by atoms with Gasteiger partial charge in [-0.15, -0.1) is 0 Å². The predicted octanol–water partition coefficient (Wildman–Crippen LogP) is 0.921. The van der Waals surface area contributed by atoms with Crippen LogP contribution < -0.4 is 15.0 Å². The largest absolute Gasteiger partial charge is 0.494 e. The van der Waals surface area contributed by atoms with E-state index in [1.54, 1.807) is 19.5 Å².